The van der Waals surface area contributed by atoms with Gasteiger partial charge in [-0.1, -0.05) is 44.0 Å². The lowest BCUT2D eigenvalue weighted by Gasteiger charge is -2.06. The van der Waals surface area contributed by atoms with E-state index >= 15 is 0 Å². The van der Waals surface area contributed by atoms with Crippen molar-refractivity contribution in [1.29, 1.82) is 0 Å². The summed E-state index contributed by atoms with van der Waals surface area (Å²) in [6.45, 7) is 4.29. The molecule has 0 aliphatic carbocycles. The number of rotatable bonds is 6. The molecule has 0 saturated heterocycles. The number of hydrogen-bond donors (Lipinski definition) is 1. The Morgan fingerprint density at radius 1 is 1.07 bits per heavy atom. The summed E-state index contributed by atoms with van der Waals surface area (Å²) in [5.41, 5.74) is 8.57. The van der Waals surface area contributed by atoms with E-state index in [4.69, 9.17) is 5.73 Å². The van der Waals surface area contributed by atoms with E-state index < -0.39 is 0 Å². The molecule has 0 saturated carbocycles. The van der Waals surface area contributed by atoms with E-state index in [2.05, 4.69) is 38.1 Å². The van der Waals surface area contributed by atoms with E-state index in [1.807, 2.05) is 0 Å². The van der Waals surface area contributed by atoms with E-state index in [1.165, 1.54) is 36.8 Å². The van der Waals surface area contributed by atoms with Crippen LogP contribution >= 0.6 is 0 Å². The Bertz CT molecular complexity index is 261. The van der Waals surface area contributed by atoms with Crippen molar-refractivity contribution in [1.82, 2.24) is 0 Å². The molecule has 1 aromatic rings. The first-order chi connectivity index (χ1) is 7.22. The molecule has 15 heavy (non-hydrogen) atoms. The summed E-state index contributed by atoms with van der Waals surface area (Å²) >= 11 is 0. The Labute approximate surface area is 93.7 Å². The minimum Gasteiger partial charge on any atom is -0.328 e. The predicted octanol–water partition coefficient (Wildman–Crippen LogP) is 3.31. The van der Waals surface area contributed by atoms with Gasteiger partial charge in [0.05, 0.1) is 0 Å². The van der Waals surface area contributed by atoms with Crippen LogP contribution in [0.2, 0.25) is 0 Å². The topological polar surface area (TPSA) is 26.0 Å². The van der Waals surface area contributed by atoms with E-state index in [1.54, 1.807) is 0 Å². The number of hydrogen-bond acceptors (Lipinski definition) is 1. The lowest BCUT2D eigenvalue weighted by atomic mass is 10.0. The maximum atomic E-state index is 5.76. The zero-order valence-electron chi connectivity index (χ0n) is 10.00. The minimum absolute atomic E-state index is 0.260. The lowest BCUT2D eigenvalue weighted by Crippen LogP contribution is -2.17. The Balaban J connectivity index is 2.42. The summed E-state index contributed by atoms with van der Waals surface area (Å²) < 4.78 is 0. The van der Waals surface area contributed by atoms with Gasteiger partial charge in [-0.3, -0.25) is 0 Å². The van der Waals surface area contributed by atoms with Gasteiger partial charge in [-0.25, -0.2) is 0 Å². The van der Waals surface area contributed by atoms with Gasteiger partial charge in [0.15, 0.2) is 0 Å². The van der Waals surface area contributed by atoms with Gasteiger partial charge in [0, 0.05) is 6.04 Å². The Morgan fingerprint density at radius 2 is 1.67 bits per heavy atom. The molecular weight excluding hydrogens is 182 g/mol. The van der Waals surface area contributed by atoms with Gasteiger partial charge in [0.25, 0.3) is 0 Å². The number of aryl methyl sites for hydroxylation is 1. The van der Waals surface area contributed by atoms with Crippen molar-refractivity contribution in [3.8, 4) is 0 Å². The standard InChI is InChI=1S/C14H23N/c1-3-4-5-6-13-7-9-14(10-8-13)11-12(2)15/h7-10,12H,3-6,11,15H2,1-2H3. The third-order valence-corrected chi connectivity index (χ3v) is 2.65. The maximum absolute atomic E-state index is 5.76. The highest BCUT2D eigenvalue weighted by atomic mass is 14.6. The van der Waals surface area contributed by atoms with E-state index in [-0.39, 0.29) is 6.04 Å². The second kappa shape index (κ2) is 6.62. The Morgan fingerprint density at radius 3 is 2.20 bits per heavy atom. The SMILES string of the molecule is CCCCCc1ccc(CC(C)N)cc1. The molecule has 1 atom stereocenters. The van der Waals surface area contributed by atoms with Gasteiger partial charge >= 0.3 is 0 Å². The molecule has 84 valence electrons. The van der Waals surface area contributed by atoms with Gasteiger partial charge in [0.2, 0.25) is 0 Å². The average Bonchev–Trinajstić information content (AvgIpc) is 2.20. The molecule has 0 bridgehead atoms. The van der Waals surface area contributed by atoms with Gasteiger partial charge in [-0.15, -0.1) is 0 Å². The molecule has 0 aliphatic heterocycles. The van der Waals surface area contributed by atoms with Crippen LogP contribution < -0.4 is 5.73 Å². The smallest absolute Gasteiger partial charge is 0.00509 e. The molecule has 0 fully saturated rings. The van der Waals surface area contributed by atoms with Crippen LogP contribution in [0.25, 0.3) is 0 Å². The van der Waals surface area contributed by atoms with E-state index in [0.29, 0.717) is 0 Å². The summed E-state index contributed by atoms with van der Waals surface area (Å²) in [5.74, 6) is 0. The first-order valence-corrected chi connectivity index (χ1v) is 6.05. The van der Waals surface area contributed by atoms with Crippen molar-refractivity contribution in [2.24, 2.45) is 5.73 Å². The minimum atomic E-state index is 0.260. The molecular formula is C14H23N. The van der Waals surface area contributed by atoms with E-state index in [9.17, 15) is 0 Å². The third-order valence-electron chi connectivity index (χ3n) is 2.65. The molecule has 2 N–H and O–H groups in total. The van der Waals surface area contributed by atoms with Crippen LogP contribution in [0.15, 0.2) is 24.3 Å². The normalized spacial score (nSPS) is 12.7. The van der Waals surface area contributed by atoms with Crippen LogP contribution in [0.4, 0.5) is 0 Å². The first kappa shape index (κ1) is 12.3. The molecule has 1 rings (SSSR count). The molecule has 1 heteroatoms. The Hall–Kier alpha value is -0.820. The van der Waals surface area contributed by atoms with Crippen LogP contribution in [-0.2, 0) is 12.8 Å². The van der Waals surface area contributed by atoms with Crippen LogP contribution in [0.5, 0.6) is 0 Å². The van der Waals surface area contributed by atoms with E-state index in [0.717, 1.165) is 6.42 Å². The van der Waals surface area contributed by atoms with Crippen LogP contribution in [-0.4, -0.2) is 6.04 Å². The fourth-order valence-corrected chi connectivity index (χ4v) is 1.79. The Kier molecular flexibility index (Phi) is 5.41. The second-order valence-corrected chi connectivity index (χ2v) is 4.46. The quantitative estimate of drug-likeness (QED) is 0.708. The molecule has 0 amide bonds. The fourth-order valence-electron chi connectivity index (χ4n) is 1.79. The number of nitrogens with two attached hydrogens (primary N) is 1. The number of unbranched alkanes of at least 4 members (excludes halogenated alkanes) is 2. The average molecular weight is 205 g/mol. The molecule has 0 aliphatic rings. The molecule has 0 aromatic heterocycles. The molecule has 0 spiro atoms. The van der Waals surface area contributed by atoms with Crippen molar-refractivity contribution in [2.75, 3.05) is 0 Å². The van der Waals surface area contributed by atoms with Crippen molar-refractivity contribution in [2.45, 2.75) is 52.0 Å². The van der Waals surface area contributed by atoms with Crippen molar-refractivity contribution in [3.05, 3.63) is 35.4 Å². The van der Waals surface area contributed by atoms with Gasteiger partial charge in [-0.05, 0) is 37.3 Å². The zero-order valence-corrected chi connectivity index (χ0v) is 10.00. The molecule has 1 unspecified atom stereocenters. The first-order valence-electron chi connectivity index (χ1n) is 6.05. The highest BCUT2D eigenvalue weighted by Crippen LogP contribution is 2.09. The number of benzene rings is 1. The zero-order chi connectivity index (χ0) is 11.1. The summed E-state index contributed by atoms with van der Waals surface area (Å²) in [6.07, 6.45) is 6.13. The maximum Gasteiger partial charge on any atom is 0.00509 e. The second-order valence-electron chi connectivity index (χ2n) is 4.46. The largest absolute Gasteiger partial charge is 0.328 e. The van der Waals surface area contributed by atoms with Gasteiger partial charge in [0.1, 0.15) is 0 Å². The monoisotopic (exact) mass is 205 g/mol. The van der Waals surface area contributed by atoms with Crippen LogP contribution in [0, 0.1) is 0 Å². The lowest BCUT2D eigenvalue weighted by molar-refractivity contribution is 0.715. The summed E-state index contributed by atoms with van der Waals surface area (Å²) in [7, 11) is 0. The molecule has 1 aromatic carbocycles. The van der Waals surface area contributed by atoms with Gasteiger partial charge in [-0.2, -0.15) is 0 Å². The highest BCUT2D eigenvalue weighted by molar-refractivity contribution is 5.23. The summed E-state index contributed by atoms with van der Waals surface area (Å²) in [4.78, 5) is 0. The fraction of sp³-hybridized carbons (Fsp3) is 0.571. The van der Waals surface area contributed by atoms with Crippen LogP contribution in [0.1, 0.15) is 44.2 Å². The van der Waals surface area contributed by atoms with Crippen molar-refractivity contribution in [3.63, 3.8) is 0 Å². The molecule has 1 nitrogen and oxygen atoms in total. The van der Waals surface area contributed by atoms with Crippen molar-refractivity contribution < 1.29 is 0 Å². The summed E-state index contributed by atoms with van der Waals surface area (Å²) in [6, 6.07) is 9.17. The molecule has 0 heterocycles. The third kappa shape index (κ3) is 4.98. The predicted molar refractivity (Wildman–Crippen MR) is 67.0 cm³/mol. The molecule has 0 radical (unpaired) electrons. The summed E-state index contributed by atoms with van der Waals surface area (Å²) in [5, 5.41) is 0. The highest BCUT2D eigenvalue weighted by Gasteiger charge is 1.98. The van der Waals surface area contributed by atoms with Gasteiger partial charge < -0.3 is 5.73 Å². The van der Waals surface area contributed by atoms with Crippen LogP contribution in [0.3, 0.4) is 0 Å². The van der Waals surface area contributed by atoms with Crippen molar-refractivity contribution >= 4 is 0 Å².